The minimum Gasteiger partial charge on any atom is -0.373 e. The molecule has 1 aromatic heterocycles. The van der Waals surface area contributed by atoms with Crippen LogP contribution in [0.25, 0.3) is 0 Å². The Kier molecular flexibility index (Phi) is 4.00. The van der Waals surface area contributed by atoms with E-state index in [1.54, 1.807) is 0 Å². The Hall–Kier alpha value is -1.09. The first-order chi connectivity index (χ1) is 8.26. The summed E-state index contributed by atoms with van der Waals surface area (Å²) >= 11 is 0. The maximum atomic E-state index is 4.50. The van der Waals surface area contributed by atoms with Crippen LogP contribution in [-0.2, 0) is 0 Å². The van der Waals surface area contributed by atoms with Gasteiger partial charge in [0.2, 0.25) is 0 Å². The molecule has 0 saturated carbocycles. The molecule has 1 aliphatic heterocycles. The van der Waals surface area contributed by atoms with Gasteiger partial charge in [-0.05, 0) is 50.0 Å². The molecule has 1 N–H and O–H groups in total. The predicted molar refractivity (Wildman–Crippen MR) is 72.4 cm³/mol. The molecule has 94 valence electrons. The number of aryl methyl sites for hydroxylation is 1. The van der Waals surface area contributed by atoms with Gasteiger partial charge in [0.15, 0.2) is 0 Å². The zero-order valence-electron chi connectivity index (χ0n) is 11.2. The van der Waals surface area contributed by atoms with Crippen molar-refractivity contribution in [3.63, 3.8) is 0 Å². The molecule has 3 heteroatoms. The van der Waals surface area contributed by atoms with Crippen molar-refractivity contribution in [2.45, 2.75) is 39.2 Å². The number of anilines is 1. The van der Waals surface area contributed by atoms with Gasteiger partial charge in [-0.3, -0.25) is 4.90 Å². The molecule has 2 rings (SSSR count). The molecule has 0 aliphatic carbocycles. The lowest BCUT2D eigenvalue weighted by Crippen LogP contribution is -2.33. The Balaban J connectivity index is 2.23. The van der Waals surface area contributed by atoms with Crippen LogP contribution in [0.15, 0.2) is 12.3 Å². The van der Waals surface area contributed by atoms with E-state index in [2.05, 4.69) is 35.1 Å². The maximum absolute atomic E-state index is 4.50. The number of hydrogen-bond acceptors (Lipinski definition) is 3. The van der Waals surface area contributed by atoms with Crippen LogP contribution >= 0.6 is 0 Å². The van der Waals surface area contributed by atoms with Gasteiger partial charge in [-0.2, -0.15) is 0 Å². The highest BCUT2D eigenvalue weighted by molar-refractivity contribution is 5.44. The molecule has 0 amide bonds. The summed E-state index contributed by atoms with van der Waals surface area (Å²) in [7, 11) is 1.92. The van der Waals surface area contributed by atoms with E-state index in [1.165, 1.54) is 36.9 Å². The number of pyridine rings is 1. The minimum atomic E-state index is 0.575. The molecule has 1 fully saturated rings. The summed E-state index contributed by atoms with van der Waals surface area (Å²) in [5.41, 5.74) is 2.62. The van der Waals surface area contributed by atoms with Gasteiger partial charge in [0.25, 0.3) is 0 Å². The molecule has 17 heavy (non-hydrogen) atoms. The van der Waals surface area contributed by atoms with Crippen LogP contribution in [-0.4, -0.2) is 30.0 Å². The molecule has 0 bridgehead atoms. The second kappa shape index (κ2) is 5.50. The van der Waals surface area contributed by atoms with E-state index in [0.29, 0.717) is 6.04 Å². The predicted octanol–water partition coefficient (Wildman–Crippen LogP) is 2.98. The topological polar surface area (TPSA) is 28.2 Å². The van der Waals surface area contributed by atoms with E-state index >= 15 is 0 Å². The van der Waals surface area contributed by atoms with Crippen LogP contribution in [0.2, 0.25) is 0 Å². The highest BCUT2D eigenvalue weighted by Crippen LogP contribution is 2.31. The van der Waals surface area contributed by atoms with Crippen LogP contribution in [0.3, 0.4) is 0 Å². The third-order valence-electron chi connectivity index (χ3n) is 3.74. The van der Waals surface area contributed by atoms with Crippen molar-refractivity contribution < 1.29 is 0 Å². The molecule has 2 heterocycles. The van der Waals surface area contributed by atoms with Crippen molar-refractivity contribution in [1.29, 1.82) is 0 Å². The van der Waals surface area contributed by atoms with Crippen LogP contribution < -0.4 is 5.32 Å². The molecule has 1 saturated heterocycles. The summed E-state index contributed by atoms with van der Waals surface area (Å²) in [6.07, 6.45) is 5.99. The first-order valence-electron chi connectivity index (χ1n) is 6.64. The fourth-order valence-electron chi connectivity index (χ4n) is 2.79. The zero-order valence-corrected chi connectivity index (χ0v) is 11.2. The average molecular weight is 233 g/mol. The normalized spacial score (nSPS) is 21.5. The minimum absolute atomic E-state index is 0.575. The summed E-state index contributed by atoms with van der Waals surface area (Å²) < 4.78 is 0. The first-order valence-corrected chi connectivity index (χ1v) is 6.64. The second-order valence-electron chi connectivity index (χ2n) is 4.82. The summed E-state index contributed by atoms with van der Waals surface area (Å²) in [6.45, 7) is 6.74. The number of rotatable bonds is 3. The van der Waals surface area contributed by atoms with E-state index in [0.717, 1.165) is 12.4 Å². The third kappa shape index (κ3) is 2.60. The fraction of sp³-hybridized carbons (Fsp3) is 0.643. The van der Waals surface area contributed by atoms with Gasteiger partial charge < -0.3 is 5.32 Å². The average Bonchev–Trinajstić information content (AvgIpc) is 2.38. The van der Waals surface area contributed by atoms with Crippen LogP contribution in [0.5, 0.6) is 0 Å². The monoisotopic (exact) mass is 233 g/mol. The van der Waals surface area contributed by atoms with Crippen LogP contribution in [0.4, 0.5) is 5.82 Å². The van der Waals surface area contributed by atoms with E-state index in [9.17, 15) is 0 Å². The Morgan fingerprint density at radius 2 is 2.29 bits per heavy atom. The number of nitrogens with one attached hydrogen (secondary N) is 1. The van der Waals surface area contributed by atoms with E-state index < -0.39 is 0 Å². The number of piperidine rings is 1. The standard InChI is InChI=1S/C14H23N3/c1-4-17-8-6-5-7-13(17)12-9-11(2)14(15-3)16-10-12/h9-10,13H,4-8H2,1-3H3,(H,15,16)/t13-/m1/s1. The molecule has 0 radical (unpaired) electrons. The van der Waals surface area contributed by atoms with Crippen molar-refractivity contribution >= 4 is 5.82 Å². The van der Waals surface area contributed by atoms with E-state index in [4.69, 9.17) is 0 Å². The lowest BCUT2D eigenvalue weighted by Gasteiger charge is -2.35. The molecule has 3 nitrogen and oxygen atoms in total. The molecular weight excluding hydrogens is 210 g/mol. The van der Waals surface area contributed by atoms with Gasteiger partial charge in [0, 0.05) is 19.3 Å². The molecule has 1 aliphatic rings. The van der Waals surface area contributed by atoms with Crippen molar-refractivity contribution in [2.75, 3.05) is 25.5 Å². The van der Waals surface area contributed by atoms with Gasteiger partial charge in [0.1, 0.15) is 5.82 Å². The van der Waals surface area contributed by atoms with Gasteiger partial charge in [-0.1, -0.05) is 13.3 Å². The number of aromatic nitrogens is 1. The Morgan fingerprint density at radius 3 is 2.94 bits per heavy atom. The largest absolute Gasteiger partial charge is 0.373 e. The van der Waals surface area contributed by atoms with E-state index in [-0.39, 0.29) is 0 Å². The zero-order chi connectivity index (χ0) is 12.3. The van der Waals surface area contributed by atoms with Crippen molar-refractivity contribution in [3.8, 4) is 0 Å². The van der Waals surface area contributed by atoms with Gasteiger partial charge in [-0.25, -0.2) is 4.98 Å². The second-order valence-corrected chi connectivity index (χ2v) is 4.82. The lowest BCUT2D eigenvalue weighted by molar-refractivity contribution is 0.157. The highest BCUT2D eigenvalue weighted by Gasteiger charge is 2.23. The Labute approximate surface area is 104 Å². The summed E-state index contributed by atoms with van der Waals surface area (Å²) in [4.78, 5) is 7.07. The Morgan fingerprint density at radius 1 is 1.47 bits per heavy atom. The molecule has 0 spiro atoms. The smallest absolute Gasteiger partial charge is 0.128 e. The van der Waals surface area contributed by atoms with Crippen LogP contribution in [0, 0.1) is 6.92 Å². The van der Waals surface area contributed by atoms with Crippen molar-refractivity contribution in [3.05, 3.63) is 23.4 Å². The molecule has 0 aromatic carbocycles. The quantitative estimate of drug-likeness (QED) is 0.870. The van der Waals surface area contributed by atoms with Crippen LogP contribution in [0.1, 0.15) is 43.4 Å². The molecule has 0 unspecified atom stereocenters. The SMILES string of the molecule is CCN1CCCC[C@@H]1c1cnc(NC)c(C)c1. The van der Waals surface area contributed by atoms with Gasteiger partial charge in [0.05, 0.1) is 0 Å². The molecule has 1 aromatic rings. The van der Waals surface area contributed by atoms with E-state index in [1.807, 2.05) is 13.2 Å². The fourth-order valence-corrected chi connectivity index (χ4v) is 2.79. The first kappa shape index (κ1) is 12.4. The number of nitrogens with zero attached hydrogens (tertiary/aromatic N) is 2. The summed E-state index contributed by atoms with van der Waals surface area (Å²) in [6, 6.07) is 2.86. The molecule has 1 atom stereocenters. The maximum Gasteiger partial charge on any atom is 0.128 e. The van der Waals surface area contributed by atoms with Gasteiger partial charge in [-0.15, -0.1) is 0 Å². The third-order valence-corrected chi connectivity index (χ3v) is 3.74. The highest BCUT2D eigenvalue weighted by atomic mass is 15.2. The van der Waals surface area contributed by atoms with Crippen molar-refractivity contribution in [2.24, 2.45) is 0 Å². The lowest BCUT2D eigenvalue weighted by atomic mass is 9.95. The Bertz CT molecular complexity index is 376. The number of hydrogen-bond donors (Lipinski definition) is 1. The van der Waals surface area contributed by atoms with Gasteiger partial charge >= 0.3 is 0 Å². The summed E-state index contributed by atoms with van der Waals surface area (Å²) in [5.74, 6) is 0.993. The molecular formula is C14H23N3. The van der Waals surface area contributed by atoms with Crippen molar-refractivity contribution in [1.82, 2.24) is 9.88 Å². The summed E-state index contributed by atoms with van der Waals surface area (Å²) in [5, 5.41) is 3.13. The number of likely N-dealkylation sites (tertiary alicyclic amines) is 1.